The van der Waals surface area contributed by atoms with Crippen molar-refractivity contribution in [2.75, 3.05) is 19.8 Å². The summed E-state index contributed by atoms with van der Waals surface area (Å²) in [4.78, 5) is 12.4. The van der Waals surface area contributed by atoms with Gasteiger partial charge in [0.15, 0.2) is 13.8 Å². The number of Topliss-reactive ketones (excluding diaryl/α,β-unsaturated/α-hetero) is 1. The van der Waals surface area contributed by atoms with Crippen LogP contribution in [0.4, 0.5) is 0 Å². The zero-order chi connectivity index (χ0) is 16.3. The molecule has 0 spiro atoms. The molecule has 2 rings (SSSR count). The minimum atomic E-state index is -3.71. The van der Waals surface area contributed by atoms with E-state index >= 15 is 0 Å². The lowest BCUT2D eigenvalue weighted by Crippen LogP contribution is -2.41. The normalized spacial score (nSPS) is 20.9. The van der Waals surface area contributed by atoms with Crippen molar-refractivity contribution in [2.45, 2.75) is 30.7 Å². The lowest BCUT2D eigenvalue weighted by molar-refractivity contribution is -0.119. The van der Waals surface area contributed by atoms with Gasteiger partial charge < -0.3 is 4.52 Å². The van der Waals surface area contributed by atoms with E-state index in [1.807, 2.05) is 6.92 Å². The van der Waals surface area contributed by atoms with Crippen LogP contribution in [0.2, 0.25) is 0 Å². The highest BCUT2D eigenvalue weighted by molar-refractivity contribution is 7.89. The third-order valence-electron chi connectivity index (χ3n) is 3.75. The fourth-order valence-electron chi connectivity index (χ4n) is 2.53. The maximum atomic E-state index is 12.7. The number of ketones is 1. The summed E-state index contributed by atoms with van der Waals surface area (Å²) in [6.45, 7) is 2.18. The minimum Gasteiger partial charge on any atom is -0.334 e. The van der Waals surface area contributed by atoms with Crippen LogP contribution in [-0.4, -0.2) is 44.4 Å². The molecular formula is C14H20NO5PS. The smallest absolute Gasteiger partial charge is 0.243 e. The van der Waals surface area contributed by atoms with Crippen molar-refractivity contribution in [1.29, 1.82) is 0 Å². The van der Waals surface area contributed by atoms with Gasteiger partial charge in [0.2, 0.25) is 10.0 Å². The zero-order valence-electron chi connectivity index (χ0n) is 12.6. The number of rotatable bonds is 6. The maximum absolute atomic E-state index is 12.7. The van der Waals surface area contributed by atoms with Gasteiger partial charge in [-0.05, 0) is 31.9 Å². The Kier molecular flexibility index (Phi) is 5.55. The van der Waals surface area contributed by atoms with Gasteiger partial charge >= 0.3 is 0 Å². The Balaban J connectivity index is 2.24. The van der Waals surface area contributed by atoms with Crippen molar-refractivity contribution < 1.29 is 22.3 Å². The van der Waals surface area contributed by atoms with Crippen molar-refractivity contribution in [3.8, 4) is 0 Å². The van der Waals surface area contributed by atoms with Crippen molar-refractivity contribution in [1.82, 2.24) is 4.31 Å². The number of aryl methyl sites for hydroxylation is 1. The van der Waals surface area contributed by atoms with Gasteiger partial charge in [0.25, 0.3) is 0 Å². The van der Waals surface area contributed by atoms with E-state index < -0.39 is 24.1 Å². The summed E-state index contributed by atoms with van der Waals surface area (Å²) in [6.07, 6.45) is 0.865. The molecule has 1 aliphatic rings. The van der Waals surface area contributed by atoms with Crippen LogP contribution in [0.25, 0.3) is 0 Å². The van der Waals surface area contributed by atoms with E-state index in [0.29, 0.717) is 19.4 Å². The van der Waals surface area contributed by atoms with Crippen molar-refractivity contribution in [3.05, 3.63) is 29.8 Å². The Labute approximate surface area is 131 Å². The van der Waals surface area contributed by atoms with Gasteiger partial charge in [0.1, 0.15) is 0 Å². The van der Waals surface area contributed by atoms with Gasteiger partial charge in [-0.25, -0.2) is 8.42 Å². The Morgan fingerprint density at radius 1 is 1.36 bits per heavy atom. The average Bonchev–Trinajstić information content (AvgIpc) is 2.97. The molecule has 2 atom stereocenters. The molecule has 0 N–H and O–H groups in total. The van der Waals surface area contributed by atoms with Crippen LogP contribution >= 0.6 is 8.03 Å². The molecule has 0 amide bonds. The lowest BCUT2D eigenvalue weighted by atomic mass is 10.2. The summed E-state index contributed by atoms with van der Waals surface area (Å²) >= 11 is 0. The van der Waals surface area contributed by atoms with Gasteiger partial charge in [-0.15, -0.1) is 0 Å². The summed E-state index contributed by atoms with van der Waals surface area (Å²) in [5, 5.41) is 0. The predicted molar refractivity (Wildman–Crippen MR) is 84.0 cm³/mol. The van der Waals surface area contributed by atoms with E-state index in [1.54, 1.807) is 24.3 Å². The molecule has 1 aliphatic heterocycles. The maximum Gasteiger partial charge on any atom is 0.243 e. The summed E-state index contributed by atoms with van der Waals surface area (Å²) in [6, 6.07) is 5.80. The molecule has 1 unspecified atom stereocenters. The van der Waals surface area contributed by atoms with Crippen LogP contribution in [0.15, 0.2) is 29.2 Å². The predicted octanol–water partition coefficient (Wildman–Crippen LogP) is 1.84. The monoisotopic (exact) mass is 345 g/mol. The van der Waals surface area contributed by atoms with Crippen LogP contribution < -0.4 is 0 Å². The fraction of sp³-hybridized carbons (Fsp3) is 0.500. The average molecular weight is 345 g/mol. The minimum absolute atomic E-state index is 0.178. The summed E-state index contributed by atoms with van der Waals surface area (Å²) in [7, 11) is -4.85. The second-order valence-electron chi connectivity index (χ2n) is 5.31. The largest absolute Gasteiger partial charge is 0.334 e. The quantitative estimate of drug-likeness (QED) is 0.735. The van der Waals surface area contributed by atoms with Gasteiger partial charge in [0, 0.05) is 13.7 Å². The number of carbonyl (C=O) groups is 1. The fourth-order valence-corrected chi connectivity index (χ4v) is 4.87. The van der Waals surface area contributed by atoms with Crippen molar-refractivity contribution in [2.24, 2.45) is 0 Å². The van der Waals surface area contributed by atoms with E-state index in [9.17, 15) is 17.8 Å². The first-order valence-corrected chi connectivity index (χ1v) is 10.0. The Morgan fingerprint density at radius 2 is 2.00 bits per heavy atom. The van der Waals surface area contributed by atoms with Crippen LogP contribution in [0.1, 0.15) is 18.4 Å². The number of carbonyl (C=O) groups excluding carboxylic acids is 1. The Hall–Kier alpha value is -1.01. The Bertz CT molecular complexity index is 671. The van der Waals surface area contributed by atoms with Crippen LogP contribution in [0.5, 0.6) is 0 Å². The SMILES string of the molecule is CO[PH](=O)CC(=O)[C@@H]1CCCN1S(=O)(=O)c1ccc(C)cc1. The molecule has 8 heteroatoms. The van der Waals surface area contributed by atoms with Crippen molar-refractivity contribution >= 4 is 23.8 Å². The first kappa shape index (κ1) is 17.3. The van der Waals surface area contributed by atoms with E-state index in [2.05, 4.69) is 4.52 Å². The second kappa shape index (κ2) is 7.04. The summed E-state index contributed by atoms with van der Waals surface area (Å²) in [5.41, 5.74) is 0.965. The van der Waals surface area contributed by atoms with Gasteiger partial charge in [0.05, 0.1) is 17.1 Å². The molecule has 1 heterocycles. The van der Waals surface area contributed by atoms with Gasteiger partial charge in [-0.1, -0.05) is 17.7 Å². The van der Waals surface area contributed by atoms with Crippen LogP contribution in [0, 0.1) is 6.92 Å². The molecule has 0 radical (unpaired) electrons. The lowest BCUT2D eigenvalue weighted by Gasteiger charge is -2.23. The summed E-state index contributed by atoms with van der Waals surface area (Å²) < 4.78 is 42.7. The third-order valence-corrected chi connectivity index (χ3v) is 6.76. The second-order valence-corrected chi connectivity index (χ2v) is 8.70. The number of hydrogen-bond acceptors (Lipinski definition) is 5. The van der Waals surface area contributed by atoms with Crippen molar-refractivity contribution in [3.63, 3.8) is 0 Å². The highest BCUT2D eigenvalue weighted by Crippen LogP contribution is 2.29. The first-order valence-electron chi connectivity index (χ1n) is 7.04. The molecule has 1 aromatic carbocycles. The Morgan fingerprint density at radius 3 is 2.59 bits per heavy atom. The molecule has 1 aromatic rings. The van der Waals surface area contributed by atoms with E-state index in [1.165, 1.54) is 11.4 Å². The third kappa shape index (κ3) is 3.66. The first-order chi connectivity index (χ1) is 10.4. The molecule has 1 saturated heterocycles. The van der Waals surface area contributed by atoms with Crippen LogP contribution in [-0.2, 0) is 23.9 Å². The molecule has 6 nitrogen and oxygen atoms in total. The number of benzene rings is 1. The van der Waals surface area contributed by atoms with E-state index in [-0.39, 0.29) is 16.8 Å². The van der Waals surface area contributed by atoms with Gasteiger partial charge in [-0.2, -0.15) is 4.31 Å². The standard InChI is InChI=1S/C14H20NO5PS/c1-11-5-7-12(8-6-11)22(18,19)15-9-3-4-13(15)14(16)10-21(17)20-2/h5-8,13,21H,3-4,9-10H2,1-2H3/t13-/m0/s1. The van der Waals surface area contributed by atoms with E-state index in [0.717, 1.165) is 5.56 Å². The molecule has 0 aliphatic carbocycles. The number of sulfonamides is 1. The highest BCUT2D eigenvalue weighted by atomic mass is 32.2. The topological polar surface area (TPSA) is 80.8 Å². The molecule has 122 valence electrons. The number of nitrogens with zero attached hydrogens (tertiary/aromatic N) is 1. The van der Waals surface area contributed by atoms with E-state index in [4.69, 9.17) is 0 Å². The molecule has 0 saturated carbocycles. The van der Waals surface area contributed by atoms with Gasteiger partial charge in [-0.3, -0.25) is 9.36 Å². The molecule has 0 bridgehead atoms. The highest BCUT2D eigenvalue weighted by Gasteiger charge is 2.39. The summed E-state index contributed by atoms with van der Waals surface area (Å²) in [5.74, 6) is -0.334. The molecule has 0 aromatic heterocycles. The zero-order valence-corrected chi connectivity index (χ0v) is 14.4. The van der Waals surface area contributed by atoms with Crippen LogP contribution in [0.3, 0.4) is 0 Å². The number of hydrogen-bond donors (Lipinski definition) is 0. The molecular weight excluding hydrogens is 325 g/mol. The molecule has 22 heavy (non-hydrogen) atoms. The molecule has 1 fully saturated rings.